The molecule has 3 aromatic rings. The van der Waals surface area contributed by atoms with Crippen LogP contribution in [0, 0.1) is 0 Å². The molecule has 31 heavy (non-hydrogen) atoms. The molecule has 3 heterocycles. The van der Waals surface area contributed by atoms with Crippen LogP contribution in [0.2, 0.25) is 0 Å². The number of ether oxygens (including phenoxy) is 1. The van der Waals surface area contributed by atoms with Crippen molar-refractivity contribution in [3.05, 3.63) is 72.6 Å². The van der Waals surface area contributed by atoms with Crippen molar-refractivity contribution in [1.82, 2.24) is 9.78 Å². The van der Waals surface area contributed by atoms with Gasteiger partial charge in [0.25, 0.3) is 5.78 Å². The van der Waals surface area contributed by atoms with Gasteiger partial charge in [-0.2, -0.15) is 10.2 Å². The van der Waals surface area contributed by atoms with Gasteiger partial charge in [0.2, 0.25) is 5.78 Å². The van der Waals surface area contributed by atoms with Crippen molar-refractivity contribution >= 4 is 28.7 Å². The summed E-state index contributed by atoms with van der Waals surface area (Å²) in [5.41, 5.74) is 3.12. The van der Waals surface area contributed by atoms with E-state index in [1.807, 2.05) is 54.6 Å². The number of hydrazone groups is 1. The molecule has 0 atom stereocenters. The Hall–Kier alpha value is -3.78. The standard InChI is InChI=1S/C23H21N5O3/c29-21-16-27(19-9-5-4-8-18(19)26-12-14-31-15-13-26)25-22(23(21)30)20-10-11-24-28(20)17-6-2-1-3-7-17/h1-11H,12-16H2. The molecular formula is C23H21N5O3. The summed E-state index contributed by atoms with van der Waals surface area (Å²) in [5.74, 6) is -1.10. The van der Waals surface area contributed by atoms with Gasteiger partial charge in [-0.15, -0.1) is 0 Å². The number of nitrogens with zero attached hydrogens (tertiary/aromatic N) is 5. The maximum absolute atomic E-state index is 12.8. The summed E-state index contributed by atoms with van der Waals surface area (Å²) in [6, 6.07) is 19.0. The third-order valence-corrected chi connectivity index (χ3v) is 5.38. The molecule has 0 aliphatic carbocycles. The van der Waals surface area contributed by atoms with Gasteiger partial charge < -0.3 is 9.64 Å². The van der Waals surface area contributed by atoms with Gasteiger partial charge in [-0.25, -0.2) is 4.68 Å². The maximum atomic E-state index is 12.8. The van der Waals surface area contributed by atoms with E-state index >= 15 is 0 Å². The van der Waals surface area contributed by atoms with E-state index in [1.165, 1.54) is 0 Å². The summed E-state index contributed by atoms with van der Waals surface area (Å²) >= 11 is 0. The molecule has 1 fully saturated rings. The number of rotatable bonds is 4. The number of carbonyl (C=O) groups excluding carboxylic acids is 2. The average Bonchev–Trinajstić information content (AvgIpc) is 3.32. The highest BCUT2D eigenvalue weighted by Crippen LogP contribution is 2.31. The van der Waals surface area contributed by atoms with Crippen molar-refractivity contribution in [3.8, 4) is 5.69 Å². The largest absolute Gasteiger partial charge is 0.378 e. The van der Waals surface area contributed by atoms with E-state index in [9.17, 15) is 9.59 Å². The second kappa shape index (κ2) is 8.16. The van der Waals surface area contributed by atoms with E-state index in [0.717, 1.165) is 30.2 Å². The van der Waals surface area contributed by atoms with E-state index in [-0.39, 0.29) is 12.3 Å². The smallest absolute Gasteiger partial charge is 0.252 e. The van der Waals surface area contributed by atoms with Crippen LogP contribution in [-0.4, -0.2) is 59.9 Å². The fourth-order valence-electron chi connectivity index (χ4n) is 3.86. The second-order valence-electron chi connectivity index (χ2n) is 7.31. The summed E-state index contributed by atoms with van der Waals surface area (Å²) in [6.07, 6.45) is 1.60. The van der Waals surface area contributed by atoms with Gasteiger partial charge in [0.15, 0.2) is 5.71 Å². The summed E-state index contributed by atoms with van der Waals surface area (Å²) in [5, 5.41) is 10.6. The Labute approximate surface area is 179 Å². The van der Waals surface area contributed by atoms with Crippen LogP contribution in [0.25, 0.3) is 5.69 Å². The van der Waals surface area contributed by atoms with Crippen molar-refractivity contribution in [2.24, 2.45) is 5.10 Å². The average molecular weight is 415 g/mol. The molecule has 1 saturated heterocycles. The number of ketones is 2. The Morgan fingerprint density at radius 1 is 0.839 bits per heavy atom. The monoisotopic (exact) mass is 415 g/mol. The van der Waals surface area contributed by atoms with Crippen molar-refractivity contribution in [3.63, 3.8) is 0 Å². The minimum Gasteiger partial charge on any atom is -0.378 e. The van der Waals surface area contributed by atoms with Crippen molar-refractivity contribution < 1.29 is 14.3 Å². The van der Waals surface area contributed by atoms with Crippen LogP contribution in [0.3, 0.4) is 0 Å². The topological polar surface area (TPSA) is 80.0 Å². The molecule has 0 saturated carbocycles. The molecule has 0 unspecified atom stereocenters. The molecule has 5 rings (SSSR count). The first-order valence-electron chi connectivity index (χ1n) is 10.2. The van der Waals surface area contributed by atoms with Crippen molar-refractivity contribution in [2.45, 2.75) is 0 Å². The van der Waals surface area contributed by atoms with Crippen LogP contribution in [0.15, 0.2) is 72.0 Å². The lowest BCUT2D eigenvalue weighted by Gasteiger charge is -2.33. The minimum absolute atomic E-state index is 0.0920. The van der Waals surface area contributed by atoms with Gasteiger partial charge in [-0.1, -0.05) is 30.3 Å². The van der Waals surface area contributed by atoms with Crippen LogP contribution in [0.1, 0.15) is 5.69 Å². The molecule has 8 heteroatoms. The van der Waals surface area contributed by atoms with Crippen molar-refractivity contribution in [2.75, 3.05) is 42.8 Å². The first-order chi connectivity index (χ1) is 15.2. The number of benzene rings is 2. The van der Waals surface area contributed by atoms with Gasteiger partial charge in [0.1, 0.15) is 6.54 Å². The van der Waals surface area contributed by atoms with Gasteiger partial charge in [0, 0.05) is 13.1 Å². The predicted molar refractivity (Wildman–Crippen MR) is 117 cm³/mol. The molecule has 2 aromatic carbocycles. The van der Waals surface area contributed by atoms with E-state index in [2.05, 4.69) is 15.1 Å². The van der Waals surface area contributed by atoms with Gasteiger partial charge >= 0.3 is 0 Å². The number of anilines is 2. The molecule has 8 nitrogen and oxygen atoms in total. The quantitative estimate of drug-likeness (QED) is 0.607. The zero-order valence-corrected chi connectivity index (χ0v) is 16.8. The minimum atomic E-state index is -0.599. The highest BCUT2D eigenvalue weighted by atomic mass is 16.5. The lowest BCUT2D eigenvalue weighted by molar-refractivity contribution is -0.132. The van der Waals surface area contributed by atoms with E-state index in [0.29, 0.717) is 18.9 Å². The summed E-state index contributed by atoms with van der Waals surface area (Å²) in [6.45, 7) is 2.72. The Morgan fingerprint density at radius 3 is 2.32 bits per heavy atom. The highest BCUT2D eigenvalue weighted by molar-refractivity contribution is 6.69. The third-order valence-electron chi connectivity index (χ3n) is 5.38. The summed E-state index contributed by atoms with van der Waals surface area (Å²) in [4.78, 5) is 27.7. The molecule has 0 spiro atoms. The number of Topliss-reactive ketones (excluding diaryl/α,β-unsaturated/α-hetero) is 2. The Kier molecular flexibility index (Phi) is 5.05. The normalized spacial score (nSPS) is 17.1. The fourth-order valence-corrected chi connectivity index (χ4v) is 3.86. The van der Waals surface area contributed by atoms with Crippen LogP contribution in [0.4, 0.5) is 11.4 Å². The van der Waals surface area contributed by atoms with Gasteiger partial charge in [0.05, 0.1) is 42.2 Å². The first-order valence-corrected chi connectivity index (χ1v) is 10.2. The molecule has 0 amide bonds. The van der Waals surface area contributed by atoms with Gasteiger partial charge in [-0.3, -0.25) is 14.6 Å². The highest BCUT2D eigenvalue weighted by Gasteiger charge is 2.33. The fraction of sp³-hybridized carbons (Fsp3) is 0.217. The Morgan fingerprint density at radius 2 is 1.55 bits per heavy atom. The third kappa shape index (κ3) is 3.62. The number of hydrogen-bond donors (Lipinski definition) is 0. The SMILES string of the molecule is O=C1CN(c2ccccc2N2CCOCC2)N=C(c2ccnn2-c2ccccc2)C1=O. The van der Waals surface area contributed by atoms with Crippen LogP contribution in [-0.2, 0) is 14.3 Å². The van der Waals surface area contributed by atoms with Crippen molar-refractivity contribution in [1.29, 1.82) is 0 Å². The van der Waals surface area contributed by atoms with Gasteiger partial charge in [-0.05, 0) is 30.3 Å². The second-order valence-corrected chi connectivity index (χ2v) is 7.31. The first kappa shape index (κ1) is 19.2. The Bertz CT molecular complexity index is 1150. The molecule has 2 aliphatic rings. The number of morpholine rings is 1. The lowest BCUT2D eigenvalue weighted by Crippen LogP contribution is -2.43. The van der Waals surface area contributed by atoms with Crippen LogP contribution >= 0.6 is 0 Å². The molecule has 1 aromatic heterocycles. The molecule has 0 radical (unpaired) electrons. The summed E-state index contributed by atoms with van der Waals surface area (Å²) < 4.78 is 7.09. The van der Waals surface area contributed by atoms with Crippen LogP contribution in [0.5, 0.6) is 0 Å². The van der Waals surface area contributed by atoms with Crippen LogP contribution < -0.4 is 9.91 Å². The van der Waals surface area contributed by atoms with E-state index < -0.39 is 11.6 Å². The Balaban J connectivity index is 1.57. The summed E-state index contributed by atoms with van der Waals surface area (Å²) in [7, 11) is 0. The molecule has 0 N–H and O–H groups in total. The maximum Gasteiger partial charge on any atom is 0.252 e. The number of aromatic nitrogens is 2. The molecule has 0 bridgehead atoms. The predicted octanol–water partition coefficient (Wildman–Crippen LogP) is 2.07. The zero-order valence-electron chi connectivity index (χ0n) is 16.8. The molecular weight excluding hydrogens is 394 g/mol. The molecule has 2 aliphatic heterocycles. The van der Waals surface area contributed by atoms with E-state index in [1.54, 1.807) is 22.0 Å². The van der Waals surface area contributed by atoms with E-state index in [4.69, 9.17) is 4.74 Å². The lowest BCUT2D eigenvalue weighted by atomic mass is 10.1. The number of para-hydroxylation sites is 3. The zero-order chi connectivity index (χ0) is 21.2. The number of carbonyl (C=O) groups is 2. The number of hydrogen-bond acceptors (Lipinski definition) is 7. The molecule has 156 valence electrons.